The van der Waals surface area contributed by atoms with Gasteiger partial charge in [-0.3, -0.25) is 0 Å². The molecular weight excluding hydrogens is 244 g/mol. The second kappa shape index (κ2) is 7.33. The Labute approximate surface area is 117 Å². The van der Waals surface area contributed by atoms with E-state index in [1.807, 2.05) is 23.5 Å². The Morgan fingerprint density at radius 1 is 0.941 bits per heavy atom. The van der Waals surface area contributed by atoms with Crippen LogP contribution in [-0.4, -0.2) is 23.5 Å². The number of hydrogen-bond donors (Lipinski definition) is 0. The first-order chi connectivity index (χ1) is 8.01. The van der Waals surface area contributed by atoms with Crippen molar-refractivity contribution in [2.45, 2.75) is 45.8 Å². The van der Waals surface area contributed by atoms with E-state index < -0.39 is 0 Å². The standard InChI is InChI=1S/C8H16S.C7H14S/c1-6(2)8-4-7(8)5-9-3;1-5(2)6-4-7(6)8-3/h6-8H,4-5H2,1-3H3;5-7H,4H2,1-3H3. The van der Waals surface area contributed by atoms with Gasteiger partial charge in [0, 0.05) is 5.25 Å². The van der Waals surface area contributed by atoms with Gasteiger partial charge in [0.1, 0.15) is 0 Å². The molecule has 2 saturated carbocycles. The monoisotopic (exact) mass is 274 g/mol. The van der Waals surface area contributed by atoms with Crippen LogP contribution < -0.4 is 0 Å². The van der Waals surface area contributed by atoms with Gasteiger partial charge in [0.2, 0.25) is 0 Å². The molecule has 0 saturated heterocycles. The van der Waals surface area contributed by atoms with Crippen molar-refractivity contribution in [3.63, 3.8) is 0 Å². The molecule has 17 heavy (non-hydrogen) atoms. The Morgan fingerprint density at radius 3 is 1.76 bits per heavy atom. The third-order valence-electron chi connectivity index (χ3n) is 4.15. The second-order valence-corrected chi connectivity index (χ2v) is 8.26. The lowest BCUT2D eigenvalue weighted by Crippen LogP contribution is -1.93. The van der Waals surface area contributed by atoms with Crippen LogP contribution in [0.5, 0.6) is 0 Å². The minimum Gasteiger partial charge on any atom is -0.165 e. The number of thioether (sulfide) groups is 2. The average molecular weight is 275 g/mol. The Kier molecular flexibility index (Phi) is 6.79. The van der Waals surface area contributed by atoms with Crippen LogP contribution in [0.2, 0.25) is 0 Å². The predicted octanol–water partition coefficient (Wildman–Crippen LogP) is 5.04. The van der Waals surface area contributed by atoms with Gasteiger partial charge >= 0.3 is 0 Å². The predicted molar refractivity (Wildman–Crippen MR) is 85.1 cm³/mol. The van der Waals surface area contributed by atoms with Crippen LogP contribution in [-0.2, 0) is 0 Å². The summed E-state index contributed by atoms with van der Waals surface area (Å²) in [5.74, 6) is 6.43. The van der Waals surface area contributed by atoms with Crippen LogP contribution in [0.3, 0.4) is 0 Å². The summed E-state index contributed by atoms with van der Waals surface area (Å²) in [6, 6.07) is 0. The fraction of sp³-hybridized carbons (Fsp3) is 1.00. The molecule has 0 N–H and O–H groups in total. The summed E-state index contributed by atoms with van der Waals surface area (Å²) in [6.45, 7) is 9.32. The molecule has 2 fully saturated rings. The molecule has 2 rings (SSSR count). The molecule has 0 aromatic rings. The molecule has 4 unspecified atom stereocenters. The normalized spacial score (nSPS) is 34.6. The molecule has 0 amide bonds. The quantitative estimate of drug-likeness (QED) is 0.689. The van der Waals surface area contributed by atoms with Gasteiger partial charge in [-0.05, 0) is 60.7 Å². The van der Waals surface area contributed by atoms with Gasteiger partial charge < -0.3 is 0 Å². The summed E-state index contributed by atoms with van der Waals surface area (Å²) in [5.41, 5.74) is 0. The van der Waals surface area contributed by atoms with Crippen molar-refractivity contribution in [3.8, 4) is 0 Å². The van der Waals surface area contributed by atoms with Crippen LogP contribution >= 0.6 is 23.5 Å². The van der Waals surface area contributed by atoms with Crippen molar-refractivity contribution in [2.24, 2.45) is 29.6 Å². The fourth-order valence-electron chi connectivity index (χ4n) is 2.66. The second-order valence-electron chi connectivity index (χ2n) is 6.28. The third-order valence-corrected chi connectivity index (χ3v) is 6.06. The van der Waals surface area contributed by atoms with Gasteiger partial charge in [-0.2, -0.15) is 23.5 Å². The molecule has 0 heterocycles. The van der Waals surface area contributed by atoms with E-state index in [1.54, 1.807) is 0 Å². The lowest BCUT2D eigenvalue weighted by molar-refractivity contribution is 0.533. The molecule has 0 nitrogen and oxygen atoms in total. The molecule has 102 valence electrons. The zero-order valence-corrected chi connectivity index (χ0v) is 14.0. The summed E-state index contributed by atoms with van der Waals surface area (Å²) in [6.07, 6.45) is 7.39. The minimum absolute atomic E-state index is 0.924. The highest BCUT2D eigenvalue weighted by molar-refractivity contribution is 7.99. The molecule has 0 radical (unpaired) electrons. The van der Waals surface area contributed by atoms with Crippen LogP contribution in [0.15, 0.2) is 0 Å². The summed E-state index contributed by atoms with van der Waals surface area (Å²) in [4.78, 5) is 0. The van der Waals surface area contributed by atoms with Crippen LogP contribution in [0.4, 0.5) is 0 Å². The fourth-order valence-corrected chi connectivity index (χ4v) is 4.55. The molecule has 0 aromatic heterocycles. The first-order valence-electron chi connectivity index (χ1n) is 7.02. The van der Waals surface area contributed by atoms with E-state index in [9.17, 15) is 0 Å². The maximum Gasteiger partial charge on any atom is 0.00785 e. The number of hydrogen-bond acceptors (Lipinski definition) is 2. The summed E-state index contributed by atoms with van der Waals surface area (Å²) < 4.78 is 0. The summed E-state index contributed by atoms with van der Waals surface area (Å²) in [7, 11) is 0. The van der Waals surface area contributed by atoms with E-state index in [0.29, 0.717) is 0 Å². The zero-order chi connectivity index (χ0) is 13.0. The van der Waals surface area contributed by atoms with Crippen molar-refractivity contribution in [3.05, 3.63) is 0 Å². The van der Waals surface area contributed by atoms with Crippen molar-refractivity contribution in [1.29, 1.82) is 0 Å². The van der Waals surface area contributed by atoms with E-state index in [2.05, 4.69) is 40.2 Å². The molecule has 2 aliphatic rings. The molecule has 0 bridgehead atoms. The van der Waals surface area contributed by atoms with Gasteiger partial charge in [-0.1, -0.05) is 27.7 Å². The third kappa shape index (κ3) is 5.46. The van der Waals surface area contributed by atoms with Crippen molar-refractivity contribution < 1.29 is 0 Å². The first-order valence-corrected chi connectivity index (χ1v) is 9.71. The Morgan fingerprint density at radius 2 is 1.53 bits per heavy atom. The van der Waals surface area contributed by atoms with Crippen molar-refractivity contribution in [2.75, 3.05) is 18.3 Å². The summed E-state index contributed by atoms with van der Waals surface area (Å²) >= 11 is 4.02. The topological polar surface area (TPSA) is 0 Å². The Balaban J connectivity index is 0.000000171. The minimum atomic E-state index is 0.924. The lowest BCUT2D eigenvalue weighted by atomic mass is 10.1. The van der Waals surface area contributed by atoms with Crippen LogP contribution in [0, 0.1) is 29.6 Å². The molecule has 2 aliphatic carbocycles. The van der Waals surface area contributed by atoms with E-state index in [0.717, 1.165) is 34.8 Å². The molecule has 4 atom stereocenters. The molecular formula is C15H30S2. The largest absolute Gasteiger partial charge is 0.165 e. The Bertz CT molecular complexity index is 213. The van der Waals surface area contributed by atoms with E-state index in [4.69, 9.17) is 0 Å². The zero-order valence-electron chi connectivity index (χ0n) is 12.4. The van der Waals surface area contributed by atoms with Gasteiger partial charge in [-0.15, -0.1) is 0 Å². The van der Waals surface area contributed by atoms with E-state index >= 15 is 0 Å². The van der Waals surface area contributed by atoms with Crippen molar-refractivity contribution >= 4 is 23.5 Å². The van der Waals surface area contributed by atoms with Gasteiger partial charge in [0.15, 0.2) is 0 Å². The Hall–Kier alpha value is 0.700. The smallest absolute Gasteiger partial charge is 0.00785 e. The van der Waals surface area contributed by atoms with Crippen molar-refractivity contribution in [1.82, 2.24) is 0 Å². The molecule has 0 aliphatic heterocycles. The maximum absolute atomic E-state index is 2.34. The SMILES string of the molecule is CSC1CC1C(C)C.CSCC1CC1C(C)C. The number of rotatable bonds is 5. The maximum atomic E-state index is 2.34. The molecule has 2 heteroatoms. The van der Waals surface area contributed by atoms with Gasteiger partial charge in [0.25, 0.3) is 0 Å². The van der Waals surface area contributed by atoms with Gasteiger partial charge in [-0.25, -0.2) is 0 Å². The van der Waals surface area contributed by atoms with Crippen LogP contribution in [0.25, 0.3) is 0 Å². The van der Waals surface area contributed by atoms with Crippen LogP contribution in [0.1, 0.15) is 40.5 Å². The average Bonchev–Trinajstić information content (AvgIpc) is 3.13. The lowest BCUT2D eigenvalue weighted by Gasteiger charge is -2.00. The van der Waals surface area contributed by atoms with E-state index in [-0.39, 0.29) is 0 Å². The van der Waals surface area contributed by atoms with Gasteiger partial charge in [0.05, 0.1) is 0 Å². The first kappa shape index (κ1) is 15.8. The van der Waals surface area contributed by atoms with E-state index in [1.165, 1.54) is 18.6 Å². The highest BCUT2D eigenvalue weighted by Gasteiger charge is 2.38. The summed E-state index contributed by atoms with van der Waals surface area (Å²) in [5, 5.41) is 1.01. The highest BCUT2D eigenvalue weighted by Crippen LogP contribution is 2.45. The highest BCUT2D eigenvalue weighted by atomic mass is 32.2. The molecule has 0 spiro atoms. The molecule has 0 aromatic carbocycles.